The highest BCUT2D eigenvalue weighted by molar-refractivity contribution is 5.89. The minimum absolute atomic E-state index is 0.128. The molecule has 4 rings (SSSR count). The number of anilines is 2. The summed E-state index contributed by atoms with van der Waals surface area (Å²) in [4.78, 5) is 15.0. The molecule has 1 heterocycles. The van der Waals surface area contributed by atoms with Crippen molar-refractivity contribution in [2.24, 2.45) is 0 Å². The van der Waals surface area contributed by atoms with Crippen molar-refractivity contribution in [1.82, 2.24) is 10.6 Å². The van der Waals surface area contributed by atoms with Gasteiger partial charge in [0.05, 0.1) is 11.6 Å². The van der Waals surface area contributed by atoms with Crippen LogP contribution in [-0.2, 0) is 0 Å². The lowest BCUT2D eigenvalue weighted by Gasteiger charge is -2.40. The summed E-state index contributed by atoms with van der Waals surface area (Å²) in [5.41, 5.74) is 3.82. The van der Waals surface area contributed by atoms with Crippen LogP contribution in [0.4, 0.5) is 16.2 Å². The van der Waals surface area contributed by atoms with E-state index in [0.717, 1.165) is 56.4 Å². The standard InChI is InChI=1S/C26H33N5O/c1-19-6-4-7-21(16-19)29-26(32)30-25-10-3-2-9-24(25)28-22-8-5-15-31(18-22)23-13-11-20(17-27)12-14-23/h4,6-7,11-14,16,22,24-25,28H,2-3,5,8-10,15,18H2,1H3,(H2,29,30,32)/t22?,24-,25-/m1/s1. The Morgan fingerprint density at radius 3 is 2.56 bits per heavy atom. The second-order valence-corrected chi connectivity index (χ2v) is 9.08. The smallest absolute Gasteiger partial charge is 0.319 e. The molecule has 2 aliphatic rings. The van der Waals surface area contributed by atoms with Gasteiger partial charge in [-0.15, -0.1) is 0 Å². The van der Waals surface area contributed by atoms with Gasteiger partial charge < -0.3 is 20.9 Å². The minimum atomic E-state index is -0.128. The summed E-state index contributed by atoms with van der Waals surface area (Å²) in [6.45, 7) is 4.01. The fraction of sp³-hybridized carbons (Fsp3) is 0.462. The van der Waals surface area contributed by atoms with Crippen LogP contribution in [0.3, 0.4) is 0 Å². The topological polar surface area (TPSA) is 80.2 Å². The number of hydrogen-bond acceptors (Lipinski definition) is 4. The number of carbonyl (C=O) groups excluding carboxylic acids is 1. The molecule has 6 nitrogen and oxygen atoms in total. The van der Waals surface area contributed by atoms with Gasteiger partial charge in [-0.25, -0.2) is 4.79 Å². The zero-order valence-electron chi connectivity index (χ0n) is 18.8. The van der Waals surface area contributed by atoms with Crippen molar-refractivity contribution in [1.29, 1.82) is 5.26 Å². The Morgan fingerprint density at radius 2 is 1.81 bits per heavy atom. The number of hydrogen-bond donors (Lipinski definition) is 3. The molecule has 1 unspecified atom stereocenters. The second-order valence-electron chi connectivity index (χ2n) is 9.08. The van der Waals surface area contributed by atoms with Gasteiger partial charge in [-0.2, -0.15) is 5.26 Å². The number of benzene rings is 2. The quantitative estimate of drug-likeness (QED) is 0.648. The summed E-state index contributed by atoms with van der Waals surface area (Å²) in [7, 11) is 0. The van der Waals surface area contributed by atoms with Gasteiger partial charge in [-0.3, -0.25) is 0 Å². The number of nitriles is 1. The maximum Gasteiger partial charge on any atom is 0.319 e. The van der Waals surface area contributed by atoms with Gasteiger partial charge in [0.2, 0.25) is 0 Å². The van der Waals surface area contributed by atoms with Crippen molar-refractivity contribution in [3.8, 4) is 6.07 Å². The largest absolute Gasteiger partial charge is 0.370 e. The molecule has 2 aromatic rings. The van der Waals surface area contributed by atoms with Crippen LogP contribution in [0.25, 0.3) is 0 Å². The molecular formula is C26H33N5O. The van der Waals surface area contributed by atoms with Crippen LogP contribution in [0, 0.1) is 18.3 Å². The average molecular weight is 432 g/mol. The number of aryl methyl sites for hydroxylation is 1. The molecule has 2 aromatic carbocycles. The van der Waals surface area contributed by atoms with E-state index in [1.165, 1.54) is 12.1 Å². The third-order valence-electron chi connectivity index (χ3n) is 6.59. The summed E-state index contributed by atoms with van der Waals surface area (Å²) in [6.07, 6.45) is 6.71. The van der Waals surface area contributed by atoms with Gasteiger partial charge in [0.15, 0.2) is 0 Å². The maximum atomic E-state index is 12.6. The van der Waals surface area contributed by atoms with E-state index in [9.17, 15) is 4.79 Å². The lowest BCUT2D eigenvalue weighted by molar-refractivity contribution is 0.226. The van der Waals surface area contributed by atoms with E-state index in [1.54, 1.807) is 0 Å². The number of piperidine rings is 1. The normalized spacial score (nSPS) is 23.2. The van der Waals surface area contributed by atoms with E-state index < -0.39 is 0 Å². The first kappa shape index (κ1) is 22.2. The van der Waals surface area contributed by atoms with E-state index in [-0.39, 0.29) is 18.1 Å². The third-order valence-corrected chi connectivity index (χ3v) is 6.59. The molecule has 3 atom stereocenters. The van der Waals surface area contributed by atoms with E-state index in [2.05, 4.69) is 26.9 Å². The van der Waals surface area contributed by atoms with Crippen molar-refractivity contribution in [2.75, 3.05) is 23.3 Å². The van der Waals surface area contributed by atoms with E-state index in [1.807, 2.05) is 55.5 Å². The molecule has 0 radical (unpaired) electrons. The van der Waals surface area contributed by atoms with Crippen LogP contribution in [0.2, 0.25) is 0 Å². The Labute approximate surface area is 191 Å². The zero-order chi connectivity index (χ0) is 22.3. The Balaban J connectivity index is 1.34. The SMILES string of the molecule is Cc1cccc(NC(=O)N[C@@H]2CCCC[C@H]2NC2CCCN(c3ccc(C#N)cc3)C2)c1. The van der Waals surface area contributed by atoms with Crippen LogP contribution in [0.1, 0.15) is 49.7 Å². The first-order valence-electron chi connectivity index (χ1n) is 11.8. The fourth-order valence-electron chi connectivity index (χ4n) is 4.96. The Bertz CT molecular complexity index is 951. The highest BCUT2D eigenvalue weighted by Crippen LogP contribution is 2.24. The van der Waals surface area contributed by atoms with Crippen molar-refractivity contribution in [2.45, 2.75) is 63.6 Å². The van der Waals surface area contributed by atoms with E-state index in [0.29, 0.717) is 11.6 Å². The molecule has 1 aliphatic carbocycles. The summed E-state index contributed by atoms with van der Waals surface area (Å²) in [6, 6.07) is 18.6. The predicted octanol–water partition coefficient (Wildman–Crippen LogP) is 4.56. The molecule has 0 aromatic heterocycles. The first-order chi connectivity index (χ1) is 15.6. The molecule has 168 valence electrons. The summed E-state index contributed by atoms with van der Waals surface area (Å²) < 4.78 is 0. The minimum Gasteiger partial charge on any atom is -0.370 e. The molecule has 2 fully saturated rings. The number of urea groups is 1. The lowest BCUT2D eigenvalue weighted by atomic mass is 9.89. The van der Waals surface area contributed by atoms with Crippen LogP contribution < -0.4 is 20.9 Å². The van der Waals surface area contributed by atoms with Crippen molar-refractivity contribution >= 4 is 17.4 Å². The maximum absolute atomic E-state index is 12.6. The molecule has 6 heteroatoms. The monoisotopic (exact) mass is 431 g/mol. The number of amides is 2. The molecule has 0 spiro atoms. The number of nitrogens with zero attached hydrogens (tertiary/aromatic N) is 2. The van der Waals surface area contributed by atoms with Crippen molar-refractivity contribution < 1.29 is 4.79 Å². The van der Waals surface area contributed by atoms with Crippen LogP contribution >= 0.6 is 0 Å². The molecule has 3 N–H and O–H groups in total. The Morgan fingerprint density at radius 1 is 1.03 bits per heavy atom. The first-order valence-corrected chi connectivity index (χ1v) is 11.8. The fourth-order valence-corrected chi connectivity index (χ4v) is 4.96. The van der Waals surface area contributed by atoms with Crippen LogP contribution in [0.5, 0.6) is 0 Å². The predicted molar refractivity (Wildman–Crippen MR) is 129 cm³/mol. The van der Waals surface area contributed by atoms with E-state index in [4.69, 9.17) is 5.26 Å². The summed E-state index contributed by atoms with van der Waals surface area (Å²) in [5, 5.41) is 19.1. The molecule has 1 aliphatic heterocycles. The van der Waals surface area contributed by atoms with Gasteiger partial charge in [-0.05, 0) is 74.6 Å². The zero-order valence-corrected chi connectivity index (χ0v) is 18.8. The van der Waals surface area contributed by atoms with Crippen molar-refractivity contribution in [3.63, 3.8) is 0 Å². The lowest BCUT2D eigenvalue weighted by Crippen LogP contribution is -2.57. The summed E-state index contributed by atoms with van der Waals surface area (Å²) >= 11 is 0. The van der Waals surface area contributed by atoms with Crippen LogP contribution in [-0.4, -0.2) is 37.2 Å². The number of carbonyl (C=O) groups is 1. The van der Waals surface area contributed by atoms with E-state index >= 15 is 0 Å². The highest BCUT2D eigenvalue weighted by atomic mass is 16.2. The van der Waals surface area contributed by atoms with Gasteiger partial charge in [0.25, 0.3) is 0 Å². The summed E-state index contributed by atoms with van der Waals surface area (Å²) in [5.74, 6) is 0. The number of rotatable bonds is 5. The third kappa shape index (κ3) is 5.80. The van der Waals surface area contributed by atoms with Gasteiger partial charge in [0.1, 0.15) is 0 Å². The molecule has 2 amide bonds. The second kappa shape index (κ2) is 10.5. The van der Waals surface area contributed by atoms with Gasteiger partial charge in [-0.1, -0.05) is 25.0 Å². The molecule has 1 saturated carbocycles. The van der Waals surface area contributed by atoms with Crippen LogP contribution in [0.15, 0.2) is 48.5 Å². The number of nitrogens with one attached hydrogen (secondary N) is 3. The Hall–Kier alpha value is -3.04. The Kier molecular flexibility index (Phi) is 7.28. The van der Waals surface area contributed by atoms with Gasteiger partial charge >= 0.3 is 6.03 Å². The molecule has 0 bridgehead atoms. The molecule has 32 heavy (non-hydrogen) atoms. The molecular weight excluding hydrogens is 398 g/mol. The molecule has 1 saturated heterocycles. The van der Waals surface area contributed by atoms with Crippen molar-refractivity contribution in [3.05, 3.63) is 59.7 Å². The van der Waals surface area contributed by atoms with Gasteiger partial charge in [0, 0.05) is 42.6 Å². The average Bonchev–Trinajstić information content (AvgIpc) is 2.80. The highest BCUT2D eigenvalue weighted by Gasteiger charge is 2.30.